The summed E-state index contributed by atoms with van der Waals surface area (Å²) in [6.07, 6.45) is 0.463. The van der Waals surface area contributed by atoms with Gasteiger partial charge in [0.15, 0.2) is 5.82 Å². The monoisotopic (exact) mass is 276 g/mol. The van der Waals surface area contributed by atoms with Crippen LogP contribution in [0.2, 0.25) is 0 Å². The smallest absolute Gasteiger partial charge is 0.246 e. The molecule has 0 spiro atoms. The molecule has 0 aliphatic carbocycles. The highest BCUT2D eigenvalue weighted by Gasteiger charge is 2.24. The van der Waals surface area contributed by atoms with E-state index in [0.717, 1.165) is 0 Å². The summed E-state index contributed by atoms with van der Waals surface area (Å²) in [5.41, 5.74) is 6.07. The molecule has 0 saturated heterocycles. The number of aliphatic hydroxyl groups is 1. The van der Waals surface area contributed by atoms with Crippen LogP contribution < -0.4 is 10.5 Å². The van der Waals surface area contributed by atoms with Crippen LogP contribution in [0.4, 0.5) is 5.82 Å². The Kier molecular flexibility index (Phi) is 4.71. The molecule has 0 bridgehead atoms. The molecule has 0 aromatic carbocycles. The predicted molar refractivity (Wildman–Crippen MR) is 68.5 cm³/mol. The summed E-state index contributed by atoms with van der Waals surface area (Å²) in [5, 5.41) is 13.2. The molecule has 18 heavy (non-hydrogen) atoms. The number of nitrogens with one attached hydrogen (secondary N) is 1. The maximum absolute atomic E-state index is 12.0. The number of nitrogen functional groups attached to an aromatic ring is 1. The van der Waals surface area contributed by atoms with Gasteiger partial charge >= 0.3 is 0 Å². The summed E-state index contributed by atoms with van der Waals surface area (Å²) >= 11 is 0. The van der Waals surface area contributed by atoms with Gasteiger partial charge in [-0.1, -0.05) is 6.92 Å². The number of aryl methyl sites for hydroxylation is 1. The summed E-state index contributed by atoms with van der Waals surface area (Å²) in [6, 6.07) is 0. The second-order valence-electron chi connectivity index (χ2n) is 4.17. The number of aromatic nitrogens is 2. The molecule has 1 aromatic heterocycles. The Morgan fingerprint density at radius 2 is 2.17 bits per heavy atom. The van der Waals surface area contributed by atoms with Gasteiger partial charge in [-0.25, -0.2) is 13.1 Å². The number of sulfonamides is 1. The van der Waals surface area contributed by atoms with Crippen molar-refractivity contribution in [3.63, 3.8) is 0 Å². The Hall–Kier alpha value is -1.12. The lowest BCUT2D eigenvalue weighted by atomic mass is 10.2. The van der Waals surface area contributed by atoms with Crippen LogP contribution in [0.25, 0.3) is 0 Å². The molecule has 7 nitrogen and oxygen atoms in total. The normalized spacial score (nSPS) is 13.8. The molecule has 8 heteroatoms. The largest absolute Gasteiger partial charge is 0.393 e. The van der Waals surface area contributed by atoms with E-state index in [-0.39, 0.29) is 17.3 Å². The molecule has 104 valence electrons. The minimum Gasteiger partial charge on any atom is -0.393 e. The van der Waals surface area contributed by atoms with E-state index in [1.54, 1.807) is 14.0 Å². The average molecular weight is 276 g/mol. The lowest BCUT2D eigenvalue weighted by Gasteiger charge is -2.09. The Balaban J connectivity index is 2.81. The highest BCUT2D eigenvalue weighted by atomic mass is 32.2. The highest BCUT2D eigenvalue weighted by Crippen LogP contribution is 2.20. The van der Waals surface area contributed by atoms with Crippen molar-refractivity contribution in [1.29, 1.82) is 0 Å². The molecular formula is C10H20N4O3S. The Bertz CT molecular complexity index is 509. The lowest BCUT2D eigenvalue weighted by molar-refractivity contribution is 0.162. The molecule has 0 saturated carbocycles. The fraction of sp³-hybridized carbons (Fsp3) is 0.700. The summed E-state index contributed by atoms with van der Waals surface area (Å²) in [6.45, 7) is 3.65. The van der Waals surface area contributed by atoms with Crippen LogP contribution in [-0.4, -0.2) is 36.0 Å². The predicted octanol–water partition coefficient (Wildman–Crippen LogP) is -0.250. The third-order valence-electron chi connectivity index (χ3n) is 2.81. The lowest BCUT2D eigenvalue weighted by Crippen LogP contribution is -2.28. The maximum atomic E-state index is 12.0. The molecule has 0 fully saturated rings. The van der Waals surface area contributed by atoms with Gasteiger partial charge in [-0.05, 0) is 19.8 Å². The van der Waals surface area contributed by atoms with Crippen LogP contribution >= 0.6 is 0 Å². The van der Waals surface area contributed by atoms with Crippen molar-refractivity contribution in [2.45, 2.75) is 37.7 Å². The second-order valence-corrected chi connectivity index (χ2v) is 5.88. The number of nitrogens with zero attached hydrogens (tertiary/aromatic N) is 2. The first-order valence-electron chi connectivity index (χ1n) is 5.76. The maximum Gasteiger partial charge on any atom is 0.246 e. The molecule has 0 amide bonds. The van der Waals surface area contributed by atoms with Gasteiger partial charge in [0, 0.05) is 13.6 Å². The van der Waals surface area contributed by atoms with Crippen molar-refractivity contribution < 1.29 is 13.5 Å². The Morgan fingerprint density at radius 3 is 2.61 bits per heavy atom. The van der Waals surface area contributed by atoms with Crippen LogP contribution in [0.3, 0.4) is 0 Å². The van der Waals surface area contributed by atoms with E-state index in [1.165, 1.54) is 4.68 Å². The van der Waals surface area contributed by atoms with Gasteiger partial charge in [0.1, 0.15) is 4.90 Å². The van der Waals surface area contributed by atoms with Gasteiger partial charge in [0.05, 0.1) is 11.8 Å². The van der Waals surface area contributed by atoms with Crippen LogP contribution in [0.1, 0.15) is 25.5 Å². The van der Waals surface area contributed by atoms with Crippen LogP contribution in [0, 0.1) is 6.92 Å². The number of hydrogen-bond acceptors (Lipinski definition) is 5. The minimum atomic E-state index is -3.67. The van der Waals surface area contributed by atoms with E-state index in [4.69, 9.17) is 5.73 Å². The molecule has 1 rings (SSSR count). The van der Waals surface area contributed by atoms with Crippen molar-refractivity contribution in [3.05, 3.63) is 5.69 Å². The zero-order valence-corrected chi connectivity index (χ0v) is 11.7. The summed E-state index contributed by atoms with van der Waals surface area (Å²) in [4.78, 5) is 0.0102. The van der Waals surface area contributed by atoms with Gasteiger partial charge in [-0.3, -0.25) is 4.68 Å². The van der Waals surface area contributed by atoms with Crippen molar-refractivity contribution >= 4 is 15.8 Å². The first-order chi connectivity index (χ1) is 8.29. The number of anilines is 1. The Labute approximate surface area is 107 Å². The number of rotatable bonds is 6. The van der Waals surface area contributed by atoms with E-state index < -0.39 is 16.1 Å². The standard InChI is InChI=1S/C10H20N4O3S/c1-4-8(15)5-6-12-18(16,17)9-7(2)14(3)13-10(9)11/h8,12,15H,4-6H2,1-3H3,(H2,11,13). The van der Waals surface area contributed by atoms with E-state index in [9.17, 15) is 13.5 Å². The van der Waals surface area contributed by atoms with E-state index in [1.807, 2.05) is 6.92 Å². The SMILES string of the molecule is CCC(O)CCNS(=O)(=O)c1c(N)nn(C)c1C. The first kappa shape index (κ1) is 14.9. The fourth-order valence-corrected chi connectivity index (χ4v) is 2.95. The molecular weight excluding hydrogens is 256 g/mol. The van der Waals surface area contributed by atoms with Crippen molar-refractivity contribution in [2.24, 2.45) is 7.05 Å². The van der Waals surface area contributed by atoms with E-state index in [0.29, 0.717) is 18.5 Å². The molecule has 1 aromatic rings. The molecule has 1 unspecified atom stereocenters. The van der Waals surface area contributed by atoms with Crippen LogP contribution in [0.15, 0.2) is 4.90 Å². The zero-order valence-electron chi connectivity index (χ0n) is 10.8. The highest BCUT2D eigenvalue weighted by molar-refractivity contribution is 7.89. The molecule has 1 heterocycles. The van der Waals surface area contributed by atoms with Crippen LogP contribution in [-0.2, 0) is 17.1 Å². The number of hydrogen-bond donors (Lipinski definition) is 3. The molecule has 0 aliphatic rings. The topological polar surface area (TPSA) is 110 Å². The molecule has 4 N–H and O–H groups in total. The Morgan fingerprint density at radius 1 is 1.56 bits per heavy atom. The van der Waals surface area contributed by atoms with Gasteiger partial charge < -0.3 is 10.8 Å². The third kappa shape index (κ3) is 3.21. The quantitative estimate of drug-likeness (QED) is 0.663. The minimum absolute atomic E-state index is 0.0102. The molecule has 1 atom stereocenters. The van der Waals surface area contributed by atoms with Gasteiger partial charge in [0.25, 0.3) is 0 Å². The summed E-state index contributed by atoms with van der Waals surface area (Å²) < 4.78 is 27.9. The zero-order chi connectivity index (χ0) is 13.9. The number of aliphatic hydroxyl groups excluding tert-OH is 1. The number of nitrogens with two attached hydrogens (primary N) is 1. The van der Waals surface area contributed by atoms with Crippen molar-refractivity contribution in [2.75, 3.05) is 12.3 Å². The molecule has 0 radical (unpaired) electrons. The molecule has 0 aliphatic heterocycles. The van der Waals surface area contributed by atoms with Gasteiger partial charge in [0.2, 0.25) is 10.0 Å². The summed E-state index contributed by atoms with van der Waals surface area (Å²) in [7, 11) is -2.04. The second kappa shape index (κ2) is 5.68. The van der Waals surface area contributed by atoms with Gasteiger partial charge in [-0.2, -0.15) is 5.10 Å². The summed E-state index contributed by atoms with van der Waals surface area (Å²) in [5.74, 6) is -0.0152. The fourth-order valence-electron chi connectivity index (χ4n) is 1.58. The van der Waals surface area contributed by atoms with Crippen LogP contribution in [0.5, 0.6) is 0 Å². The van der Waals surface area contributed by atoms with E-state index in [2.05, 4.69) is 9.82 Å². The van der Waals surface area contributed by atoms with E-state index >= 15 is 0 Å². The third-order valence-corrected chi connectivity index (χ3v) is 4.44. The van der Waals surface area contributed by atoms with Crippen molar-refractivity contribution in [1.82, 2.24) is 14.5 Å². The van der Waals surface area contributed by atoms with Gasteiger partial charge in [-0.15, -0.1) is 0 Å². The average Bonchev–Trinajstić information content (AvgIpc) is 2.52. The van der Waals surface area contributed by atoms with Crippen molar-refractivity contribution in [3.8, 4) is 0 Å². The first-order valence-corrected chi connectivity index (χ1v) is 7.24.